The SMILES string of the molecule is CN=C(NCC(C)(C)c1cccc(F)c1)NC1CCN(c2cccs2)CC1.I. The molecule has 1 aliphatic rings. The molecule has 0 bridgehead atoms. The molecule has 0 spiro atoms. The summed E-state index contributed by atoms with van der Waals surface area (Å²) >= 11 is 1.80. The Hall–Kier alpha value is -1.35. The lowest BCUT2D eigenvalue weighted by Gasteiger charge is -2.34. The lowest BCUT2D eigenvalue weighted by Crippen LogP contribution is -2.50. The Morgan fingerprint density at radius 3 is 2.61 bits per heavy atom. The molecular weight excluding hydrogens is 486 g/mol. The number of halogens is 2. The number of guanidine groups is 1. The third kappa shape index (κ3) is 6.07. The predicted molar refractivity (Wildman–Crippen MR) is 129 cm³/mol. The summed E-state index contributed by atoms with van der Waals surface area (Å²) in [6.07, 6.45) is 2.18. The Kier molecular flexibility index (Phi) is 8.55. The van der Waals surface area contributed by atoms with E-state index in [0.29, 0.717) is 12.6 Å². The highest BCUT2D eigenvalue weighted by Crippen LogP contribution is 2.25. The molecule has 0 atom stereocenters. The van der Waals surface area contributed by atoms with E-state index in [1.54, 1.807) is 30.5 Å². The molecule has 1 aromatic carbocycles. The lowest BCUT2D eigenvalue weighted by molar-refractivity contribution is 0.454. The Balaban J connectivity index is 0.00000280. The van der Waals surface area contributed by atoms with E-state index in [2.05, 4.69) is 51.9 Å². The normalized spacial score (nSPS) is 15.9. The van der Waals surface area contributed by atoms with Gasteiger partial charge in [-0.15, -0.1) is 35.3 Å². The summed E-state index contributed by atoms with van der Waals surface area (Å²) in [5.74, 6) is 0.620. The fraction of sp³-hybridized carbons (Fsp3) is 0.476. The van der Waals surface area contributed by atoms with Gasteiger partial charge in [0.1, 0.15) is 5.82 Å². The first kappa shape index (κ1) is 22.9. The molecule has 154 valence electrons. The van der Waals surface area contributed by atoms with E-state index in [9.17, 15) is 4.39 Å². The highest BCUT2D eigenvalue weighted by molar-refractivity contribution is 14.0. The van der Waals surface area contributed by atoms with Crippen LogP contribution in [0.2, 0.25) is 0 Å². The number of aliphatic imine (C=N–C) groups is 1. The number of anilines is 1. The minimum Gasteiger partial charge on any atom is -0.363 e. The van der Waals surface area contributed by atoms with Crippen molar-refractivity contribution >= 4 is 46.3 Å². The van der Waals surface area contributed by atoms with Crippen molar-refractivity contribution in [2.45, 2.75) is 38.1 Å². The molecule has 0 aliphatic carbocycles. The molecule has 0 unspecified atom stereocenters. The van der Waals surface area contributed by atoms with Gasteiger partial charge in [0, 0.05) is 38.1 Å². The van der Waals surface area contributed by atoms with Gasteiger partial charge in [-0.3, -0.25) is 4.99 Å². The fourth-order valence-corrected chi connectivity index (χ4v) is 4.18. The Morgan fingerprint density at radius 1 is 1.25 bits per heavy atom. The van der Waals surface area contributed by atoms with Crippen molar-refractivity contribution in [3.63, 3.8) is 0 Å². The molecule has 2 aromatic rings. The maximum Gasteiger partial charge on any atom is 0.191 e. The van der Waals surface area contributed by atoms with Crippen LogP contribution in [0, 0.1) is 5.82 Å². The number of benzene rings is 1. The second-order valence-electron chi connectivity index (χ2n) is 7.68. The first-order valence-electron chi connectivity index (χ1n) is 9.49. The number of thiophene rings is 1. The zero-order valence-corrected chi connectivity index (χ0v) is 19.9. The summed E-state index contributed by atoms with van der Waals surface area (Å²) in [5, 5.41) is 10.5. The van der Waals surface area contributed by atoms with Gasteiger partial charge in [-0.25, -0.2) is 4.39 Å². The molecule has 4 nitrogen and oxygen atoms in total. The third-order valence-electron chi connectivity index (χ3n) is 5.18. The van der Waals surface area contributed by atoms with Gasteiger partial charge < -0.3 is 15.5 Å². The summed E-state index contributed by atoms with van der Waals surface area (Å²) in [4.78, 5) is 6.82. The molecule has 3 rings (SSSR count). The summed E-state index contributed by atoms with van der Waals surface area (Å²) in [6.45, 7) is 7.03. The maximum atomic E-state index is 13.5. The van der Waals surface area contributed by atoms with Crippen LogP contribution < -0.4 is 15.5 Å². The quantitative estimate of drug-likeness (QED) is 0.346. The smallest absolute Gasteiger partial charge is 0.191 e. The van der Waals surface area contributed by atoms with Gasteiger partial charge in [-0.1, -0.05) is 26.0 Å². The molecule has 1 fully saturated rings. The van der Waals surface area contributed by atoms with E-state index < -0.39 is 0 Å². The lowest BCUT2D eigenvalue weighted by atomic mass is 9.84. The van der Waals surface area contributed by atoms with E-state index >= 15 is 0 Å². The van der Waals surface area contributed by atoms with Crippen molar-refractivity contribution in [2.24, 2.45) is 4.99 Å². The van der Waals surface area contributed by atoms with Crippen molar-refractivity contribution in [3.05, 3.63) is 53.2 Å². The molecule has 2 heterocycles. The van der Waals surface area contributed by atoms with E-state index in [1.807, 2.05) is 6.07 Å². The van der Waals surface area contributed by atoms with E-state index in [-0.39, 0.29) is 35.2 Å². The van der Waals surface area contributed by atoms with E-state index in [1.165, 1.54) is 11.1 Å². The first-order chi connectivity index (χ1) is 13.0. The predicted octanol–water partition coefficient (Wildman–Crippen LogP) is 4.62. The maximum absolute atomic E-state index is 13.5. The van der Waals surface area contributed by atoms with Crippen molar-refractivity contribution in [3.8, 4) is 0 Å². The van der Waals surface area contributed by atoms with Crippen LogP contribution in [0.15, 0.2) is 46.8 Å². The molecule has 0 amide bonds. The molecular formula is C21H30FIN4S. The number of hydrogen-bond donors (Lipinski definition) is 2. The van der Waals surface area contributed by atoms with Crippen LogP contribution in [0.4, 0.5) is 9.39 Å². The van der Waals surface area contributed by atoms with Crippen LogP contribution in [0.5, 0.6) is 0 Å². The van der Waals surface area contributed by atoms with Gasteiger partial charge >= 0.3 is 0 Å². The highest BCUT2D eigenvalue weighted by Gasteiger charge is 2.23. The average molecular weight is 516 g/mol. The zero-order chi connectivity index (χ0) is 19.3. The standard InChI is InChI=1S/C21H29FN4S.HI/c1-21(2,16-6-4-7-17(22)14-16)15-24-20(23-3)25-18-9-11-26(12-10-18)19-8-5-13-27-19;/h4-8,13-14,18H,9-12,15H2,1-3H3,(H2,23,24,25);1H. The van der Waals surface area contributed by atoms with Crippen LogP contribution in [-0.2, 0) is 5.41 Å². The topological polar surface area (TPSA) is 39.7 Å². The molecule has 0 radical (unpaired) electrons. The van der Waals surface area contributed by atoms with E-state index in [0.717, 1.165) is 37.5 Å². The van der Waals surface area contributed by atoms with Crippen molar-refractivity contribution in [1.29, 1.82) is 0 Å². The number of nitrogens with one attached hydrogen (secondary N) is 2. The van der Waals surface area contributed by atoms with Gasteiger partial charge in [0.2, 0.25) is 0 Å². The molecule has 1 saturated heterocycles. The summed E-state index contributed by atoms with van der Waals surface area (Å²) in [7, 11) is 1.80. The minimum absolute atomic E-state index is 0. The fourth-order valence-electron chi connectivity index (χ4n) is 3.40. The van der Waals surface area contributed by atoms with Crippen molar-refractivity contribution < 1.29 is 4.39 Å². The third-order valence-corrected chi connectivity index (χ3v) is 6.11. The Bertz CT molecular complexity index is 756. The summed E-state index contributed by atoms with van der Waals surface area (Å²) in [5.41, 5.74) is 0.789. The summed E-state index contributed by atoms with van der Waals surface area (Å²) in [6, 6.07) is 11.5. The Labute approximate surface area is 188 Å². The minimum atomic E-state index is -0.194. The second kappa shape index (κ2) is 10.4. The molecule has 7 heteroatoms. The van der Waals surface area contributed by atoms with Gasteiger partial charge in [0.15, 0.2) is 5.96 Å². The van der Waals surface area contributed by atoms with E-state index in [4.69, 9.17) is 0 Å². The van der Waals surface area contributed by atoms with Crippen LogP contribution in [0.3, 0.4) is 0 Å². The van der Waals surface area contributed by atoms with Gasteiger partial charge in [0.25, 0.3) is 0 Å². The van der Waals surface area contributed by atoms with Crippen molar-refractivity contribution in [1.82, 2.24) is 10.6 Å². The van der Waals surface area contributed by atoms with Crippen LogP contribution >= 0.6 is 35.3 Å². The van der Waals surface area contributed by atoms with Crippen LogP contribution in [0.25, 0.3) is 0 Å². The van der Waals surface area contributed by atoms with Gasteiger partial charge in [-0.05, 0) is 48.1 Å². The number of rotatable bonds is 5. The first-order valence-corrected chi connectivity index (χ1v) is 10.4. The monoisotopic (exact) mass is 516 g/mol. The average Bonchev–Trinajstić information content (AvgIpc) is 3.20. The highest BCUT2D eigenvalue weighted by atomic mass is 127. The Morgan fingerprint density at radius 2 is 2.00 bits per heavy atom. The summed E-state index contributed by atoms with van der Waals surface area (Å²) < 4.78 is 13.5. The molecule has 1 aliphatic heterocycles. The van der Waals surface area contributed by atoms with Gasteiger partial charge in [-0.2, -0.15) is 0 Å². The van der Waals surface area contributed by atoms with Gasteiger partial charge in [0.05, 0.1) is 5.00 Å². The largest absolute Gasteiger partial charge is 0.363 e. The molecule has 2 N–H and O–H groups in total. The second-order valence-corrected chi connectivity index (χ2v) is 8.60. The number of nitrogens with zero attached hydrogens (tertiary/aromatic N) is 2. The number of piperidine rings is 1. The molecule has 1 aromatic heterocycles. The van der Waals surface area contributed by atoms with Crippen molar-refractivity contribution in [2.75, 3.05) is 31.6 Å². The molecule has 28 heavy (non-hydrogen) atoms. The zero-order valence-electron chi connectivity index (χ0n) is 16.7. The number of hydrogen-bond acceptors (Lipinski definition) is 3. The van der Waals surface area contributed by atoms with Crippen LogP contribution in [0.1, 0.15) is 32.3 Å². The molecule has 0 saturated carbocycles. The van der Waals surface area contributed by atoms with Crippen LogP contribution in [-0.4, -0.2) is 38.7 Å².